The molecular formula is C22H33Cl2STi. The van der Waals surface area contributed by atoms with Gasteiger partial charge in [-0.05, 0) is 0 Å². The Labute approximate surface area is 190 Å². The molecule has 2 aliphatic carbocycles. The average molecular weight is 448 g/mol. The molecule has 0 aromatic heterocycles. The van der Waals surface area contributed by atoms with Gasteiger partial charge < -0.3 is 24.8 Å². The normalized spacial score (nSPS) is 23.3. The summed E-state index contributed by atoms with van der Waals surface area (Å²) < 4.78 is 1.70. The number of thioether (sulfide) groups is 1. The summed E-state index contributed by atoms with van der Waals surface area (Å²) in [5.74, 6) is 1.22. The molecule has 145 valence electrons. The van der Waals surface area contributed by atoms with Crippen molar-refractivity contribution in [1.29, 1.82) is 0 Å². The second-order valence-electron chi connectivity index (χ2n) is 8.76. The SMILES string of the molecule is CCCSC1(C(C)(C)C2=[C]([Ti+2])CC=C2)CC=C(C)C=C1C(C)(C)C.[Cl-].[Cl-]. The Morgan fingerprint density at radius 1 is 1.15 bits per heavy atom. The third kappa shape index (κ3) is 4.95. The molecule has 0 saturated carbocycles. The Bertz CT molecular complexity index is 621. The summed E-state index contributed by atoms with van der Waals surface area (Å²) in [6, 6.07) is 0. The summed E-state index contributed by atoms with van der Waals surface area (Å²) >= 11 is 4.52. The molecule has 0 amide bonds. The first-order chi connectivity index (χ1) is 11.1. The second kappa shape index (κ2) is 9.88. The minimum Gasteiger partial charge on any atom is -1.00 e. The smallest absolute Gasteiger partial charge is 1.00 e. The molecule has 0 aromatic rings. The number of hydrogen-bond donors (Lipinski definition) is 0. The number of halogens is 2. The molecule has 0 aromatic carbocycles. The predicted molar refractivity (Wildman–Crippen MR) is 106 cm³/mol. The van der Waals surface area contributed by atoms with Crippen molar-refractivity contribution in [3.63, 3.8) is 0 Å². The average Bonchev–Trinajstić information content (AvgIpc) is 2.92. The Hall–Kier alpha value is 0.604. The van der Waals surface area contributed by atoms with Crippen LogP contribution < -0.4 is 24.8 Å². The molecule has 0 bridgehead atoms. The van der Waals surface area contributed by atoms with Gasteiger partial charge in [0.15, 0.2) is 0 Å². The van der Waals surface area contributed by atoms with Crippen LogP contribution in [0.4, 0.5) is 0 Å². The van der Waals surface area contributed by atoms with Crippen LogP contribution in [-0.4, -0.2) is 10.5 Å². The first kappa shape index (κ1) is 26.6. The second-order valence-corrected chi connectivity index (χ2v) is 11.1. The largest absolute Gasteiger partial charge is 1.00 e. The van der Waals surface area contributed by atoms with E-state index in [9.17, 15) is 0 Å². The Morgan fingerprint density at radius 2 is 1.77 bits per heavy atom. The maximum atomic E-state index is 2.49. The van der Waals surface area contributed by atoms with Crippen molar-refractivity contribution in [1.82, 2.24) is 0 Å². The van der Waals surface area contributed by atoms with E-state index < -0.39 is 0 Å². The van der Waals surface area contributed by atoms with Gasteiger partial charge in [-0.3, -0.25) is 0 Å². The van der Waals surface area contributed by atoms with E-state index in [1.807, 2.05) is 0 Å². The molecule has 0 fully saturated rings. The van der Waals surface area contributed by atoms with E-state index in [0.717, 1.165) is 12.8 Å². The summed E-state index contributed by atoms with van der Waals surface area (Å²) in [5.41, 5.74) is 4.93. The van der Waals surface area contributed by atoms with Crippen molar-refractivity contribution in [3.05, 3.63) is 44.9 Å². The van der Waals surface area contributed by atoms with E-state index >= 15 is 0 Å². The Morgan fingerprint density at radius 3 is 2.23 bits per heavy atom. The van der Waals surface area contributed by atoms with Crippen LogP contribution >= 0.6 is 11.8 Å². The zero-order chi connectivity index (χ0) is 18.2. The van der Waals surface area contributed by atoms with Crippen LogP contribution in [-0.2, 0) is 20.4 Å². The molecule has 0 radical (unpaired) electrons. The summed E-state index contributed by atoms with van der Waals surface area (Å²) in [6.45, 7) is 16.7. The number of hydrogen-bond acceptors (Lipinski definition) is 1. The van der Waals surface area contributed by atoms with Gasteiger partial charge in [0.25, 0.3) is 0 Å². The molecule has 1 unspecified atom stereocenters. The topological polar surface area (TPSA) is 0 Å². The van der Waals surface area contributed by atoms with Crippen molar-refractivity contribution >= 4 is 11.8 Å². The van der Waals surface area contributed by atoms with Crippen molar-refractivity contribution in [2.45, 2.75) is 72.5 Å². The quantitative estimate of drug-likeness (QED) is 0.566. The number of allylic oxidation sites excluding steroid dienone is 7. The van der Waals surface area contributed by atoms with E-state index in [1.54, 1.807) is 15.0 Å². The fraction of sp³-hybridized carbons (Fsp3) is 0.636. The van der Waals surface area contributed by atoms with Crippen LogP contribution in [0.25, 0.3) is 0 Å². The van der Waals surface area contributed by atoms with Crippen LogP contribution in [0.2, 0.25) is 0 Å². The molecule has 0 nitrogen and oxygen atoms in total. The Kier molecular flexibility index (Phi) is 10.1. The minimum absolute atomic E-state index is 0. The molecule has 26 heavy (non-hydrogen) atoms. The molecule has 1 atom stereocenters. The molecule has 0 saturated heterocycles. The van der Waals surface area contributed by atoms with Gasteiger partial charge in [-0.1, -0.05) is 0 Å². The van der Waals surface area contributed by atoms with Crippen molar-refractivity contribution in [2.75, 3.05) is 5.75 Å². The summed E-state index contributed by atoms with van der Waals surface area (Å²) in [4.78, 5) is 0. The van der Waals surface area contributed by atoms with Gasteiger partial charge in [0.2, 0.25) is 0 Å². The molecule has 0 N–H and O–H groups in total. The number of rotatable bonds is 5. The minimum atomic E-state index is 0. The third-order valence-electron chi connectivity index (χ3n) is 5.49. The standard InChI is InChI=1S/C22H33S.2ClH.Ti/c1-8-15-23-22(21(6,7)18-11-9-10-12-18)14-13-17(2)16-19(22)20(3,4)5;;;/h9,11,13,16H,8,10,14-15H2,1-7H3;2*1H;/q;;;+2/p-2. The zero-order valence-corrected chi connectivity index (χ0v) is 21.2. The zero-order valence-electron chi connectivity index (χ0n) is 17.3. The predicted octanol–water partition coefficient (Wildman–Crippen LogP) is 0.986. The van der Waals surface area contributed by atoms with E-state index in [4.69, 9.17) is 0 Å². The van der Waals surface area contributed by atoms with Crippen LogP contribution in [0, 0.1) is 10.8 Å². The van der Waals surface area contributed by atoms with Crippen molar-refractivity contribution in [2.24, 2.45) is 10.8 Å². The van der Waals surface area contributed by atoms with E-state index in [0.29, 0.717) is 0 Å². The summed E-state index contributed by atoms with van der Waals surface area (Å²) in [5, 5.41) is 0. The van der Waals surface area contributed by atoms with Crippen LogP contribution in [0.3, 0.4) is 0 Å². The van der Waals surface area contributed by atoms with Crippen LogP contribution in [0.5, 0.6) is 0 Å². The first-order valence-electron chi connectivity index (χ1n) is 9.21. The van der Waals surface area contributed by atoms with Crippen LogP contribution in [0.15, 0.2) is 44.9 Å². The van der Waals surface area contributed by atoms with Gasteiger partial charge in [0.1, 0.15) is 0 Å². The fourth-order valence-corrected chi connectivity index (χ4v) is 6.68. The van der Waals surface area contributed by atoms with E-state index in [-0.39, 0.29) is 40.4 Å². The molecule has 2 aliphatic rings. The van der Waals surface area contributed by atoms with Gasteiger partial charge in [-0.15, -0.1) is 0 Å². The van der Waals surface area contributed by atoms with Crippen molar-refractivity contribution in [3.8, 4) is 0 Å². The monoisotopic (exact) mass is 447 g/mol. The van der Waals surface area contributed by atoms with Gasteiger partial charge in [0, 0.05) is 0 Å². The summed E-state index contributed by atoms with van der Waals surface area (Å²) in [6.07, 6.45) is 13.2. The van der Waals surface area contributed by atoms with Gasteiger partial charge in [-0.25, -0.2) is 0 Å². The fourth-order valence-electron chi connectivity index (χ4n) is 4.13. The van der Waals surface area contributed by atoms with Gasteiger partial charge in [-0.2, -0.15) is 0 Å². The molecule has 2 rings (SSSR count). The van der Waals surface area contributed by atoms with E-state index in [1.165, 1.54) is 17.7 Å². The Balaban J connectivity index is 0.00000312. The molecule has 0 heterocycles. The third-order valence-corrected chi connectivity index (χ3v) is 8.24. The van der Waals surface area contributed by atoms with Gasteiger partial charge in [0.05, 0.1) is 0 Å². The summed E-state index contributed by atoms with van der Waals surface area (Å²) in [7, 11) is 0. The molecular weight excluding hydrogens is 415 g/mol. The van der Waals surface area contributed by atoms with Crippen molar-refractivity contribution < 1.29 is 45.2 Å². The first-order valence-corrected chi connectivity index (χ1v) is 11.0. The molecule has 0 spiro atoms. The maximum absolute atomic E-state index is 2.49. The molecule has 0 aliphatic heterocycles. The van der Waals surface area contributed by atoms with Gasteiger partial charge >= 0.3 is 166 Å². The maximum Gasteiger partial charge on any atom is -1.00 e. The van der Waals surface area contributed by atoms with Crippen LogP contribution in [0.1, 0.15) is 67.7 Å². The molecule has 4 heteroatoms. The van der Waals surface area contributed by atoms with E-state index in [2.05, 4.69) is 105 Å².